The van der Waals surface area contributed by atoms with Crippen molar-refractivity contribution in [2.24, 2.45) is 0 Å². The molecule has 0 aliphatic carbocycles. The Kier molecular flexibility index (Phi) is 6.99. The van der Waals surface area contributed by atoms with Crippen molar-refractivity contribution < 1.29 is 14.1 Å². The molecule has 0 fully saturated rings. The van der Waals surface area contributed by atoms with Crippen molar-refractivity contribution in [3.05, 3.63) is 112 Å². The lowest BCUT2D eigenvalue weighted by Crippen LogP contribution is -2.11. The van der Waals surface area contributed by atoms with Crippen LogP contribution in [0.25, 0.3) is 5.69 Å². The first-order valence-corrected chi connectivity index (χ1v) is 11.1. The Hall–Kier alpha value is -3.72. The van der Waals surface area contributed by atoms with E-state index in [0.717, 1.165) is 16.8 Å². The Morgan fingerprint density at radius 1 is 1.03 bits per heavy atom. The lowest BCUT2D eigenvalue weighted by atomic mass is 10.1. The van der Waals surface area contributed by atoms with Gasteiger partial charge in [0.1, 0.15) is 29.2 Å². The first-order valence-electron chi connectivity index (χ1n) is 10.2. The average Bonchev–Trinajstić information content (AvgIpc) is 3.19. The Balaban J connectivity index is 1.51. The number of hydrogen-bond acceptors (Lipinski definition) is 6. The molecule has 168 valence electrons. The van der Waals surface area contributed by atoms with Crippen LogP contribution in [0.1, 0.15) is 22.2 Å². The molecular weight excluding hydrogens is 443 g/mol. The summed E-state index contributed by atoms with van der Waals surface area (Å²) in [5, 5.41) is 19.9. The molecule has 3 aromatic carbocycles. The number of ether oxygens (including phenoxy) is 1. The summed E-state index contributed by atoms with van der Waals surface area (Å²) in [4.78, 5) is 11.1. The maximum absolute atomic E-state index is 13.0. The van der Waals surface area contributed by atoms with E-state index in [1.807, 2.05) is 54.0 Å². The highest BCUT2D eigenvalue weighted by Crippen LogP contribution is 2.36. The summed E-state index contributed by atoms with van der Waals surface area (Å²) in [6, 6.07) is 22.9. The highest BCUT2D eigenvalue weighted by Gasteiger charge is 2.23. The molecule has 0 N–H and O–H groups in total. The monoisotopic (exact) mass is 464 g/mol. The summed E-state index contributed by atoms with van der Waals surface area (Å²) in [5.41, 5.74) is 2.52. The molecule has 1 heterocycles. The number of nitro groups is 1. The third-order valence-electron chi connectivity index (χ3n) is 4.94. The second-order valence-electron chi connectivity index (χ2n) is 7.31. The van der Waals surface area contributed by atoms with Crippen molar-refractivity contribution in [2.45, 2.75) is 23.9 Å². The lowest BCUT2D eigenvalue weighted by molar-refractivity contribution is -0.479. The fourth-order valence-electron chi connectivity index (χ4n) is 3.29. The van der Waals surface area contributed by atoms with Crippen LogP contribution in [-0.4, -0.2) is 26.2 Å². The molecule has 0 saturated heterocycles. The Labute approximate surface area is 194 Å². The Morgan fingerprint density at radius 3 is 2.39 bits per heavy atom. The second kappa shape index (κ2) is 10.3. The van der Waals surface area contributed by atoms with Crippen LogP contribution in [-0.2, 0) is 6.61 Å². The van der Waals surface area contributed by atoms with Gasteiger partial charge in [-0.25, -0.2) is 4.39 Å². The zero-order valence-electron chi connectivity index (χ0n) is 17.8. The number of aromatic nitrogens is 3. The van der Waals surface area contributed by atoms with Crippen molar-refractivity contribution in [1.82, 2.24) is 14.8 Å². The minimum atomic E-state index is -0.461. The van der Waals surface area contributed by atoms with Crippen LogP contribution in [0.2, 0.25) is 0 Å². The standard InChI is InChI=1S/C24H21FN4O3S/c1-17-26-27-24(29(17)21-5-3-2-4-6-21)33-23(15-28(30)31)19-9-13-22(14-10-19)32-16-18-7-11-20(25)12-8-18/h2-14,23H,15-16H2,1H3/t23-/m0/s1. The lowest BCUT2D eigenvalue weighted by Gasteiger charge is -2.15. The van der Waals surface area contributed by atoms with Gasteiger partial charge in [0.2, 0.25) is 6.54 Å². The van der Waals surface area contributed by atoms with Gasteiger partial charge in [-0.3, -0.25) is 14.7 Å². The third kappa shape index (κ3) is 5.75. The third-order valence-corrected chi connectivity index (χ3v) is 6.12. The molecular formula is C24H21FN4O3S. The summed E-state index contributed by atoms with van der Waals surface area (Å²) in [6.45, 7) is 1.88. The van der Waals surface area contributed by atoms with E-state index in [2.05, 4.69) is 10.2 Å². The van der Waals surface area contributed by atoms with Gasteiger partial charge in [-0.1, -0.05) is 54.2 Å². The van der Waals surface area contributed by atoms with Gasteiger partial charge in [0.05, 0.1) is 0 Å². The smallest absolute Gasteiger partial charge is 0.220 e. The van der Waals surface area contributed by atoms with Gasteiger partial charge in [-0.15, -0.1) is 10.2 Å². The summed E-state index contributed by atoms with van der Waals surface area (Å²) in [7, 11) is 0. The molecule has 0 spiro atoms. The number of nitrogens with zero attached hydrogens (tertiary/aromatic N) is 4. The zero-order valence-corrected chi connectivity index (χ0v) is 18.6. The molecule has 9 heteroatoms. The molecule has 4 rings (SSSR count). The van der Waals surface area contributed by atoms with Gasteiger partial charge in [-0.05, 0) is 54.4 Å². The minimum absolute atomic E-state index is 0.263. The number of hydrogen-bond donors (Lipinski definition) is 0. The van der Waals surface area contributed by atoms with Gasteiger partial charge in [-0.2, -0.15) is 0 Å². The molecule has 7 nitrogen and oxygen atoms in total. The first kappa shape index (κ1) is 22.5. The molecule has 1 aromatic heterocycles. The summed E-state index contributed by atoms with van der Waals surface area (Å²) >= 11 is 1.30. The molecule has 4 aromatic rings. The van der Waals surface area contributed by atoms with E-state index in [4.69, 9.17) is 4.74 Å². The van der Waals surface area contributed by atoms with Crippen LogP contribution in [0.3, 0.4) is 0 Å². The van der Waals surface area contributed by atoms with E-state index in [1.54, 1.807) is 24.3 Å². The number of aryl methyl sites for hydroxylation is 1. The van der Waals surface area contributed by atoms with E-state index in [-0.39, 0.29) is 17.3 Å². The fourth-order valence-corrected chi connectivity index (χ4v) is 4.47. The van der Waals surface area contributed by atoms with Crippen molar-refractivity contribution in [1.29, 1.82) is 0 Å². The quantitative estimate of drug-likeness (QED) is 0.187. The van der Waals surface area contributed by atoms with Crippen LogP contribution >= 0.6 is 11.8 Å². The van der Waals surface area contributed by atoms with E-state index < -0.39 is 5.25 Å². The van der Waals surface area contributed by atoms with E-state index in [1.165, 1.54) is 23.9 Å². The first-order chi connectivity index (χ1) is 16.0. The zero-order chi connectivity index (χ0) is 23.2. The molecule has 0 unspecified atom stereocenters. The maximum Gasteiger partial charge on any atom is 0.220 e. The van der Waals surface area contributed by atoms with E-state index in [9.17, 15) is 14.5 Å². The van der Waals surface area contributed by atoms with Gasteiger partial charge in [0, 0.05) is 10.6 Å². The predicted octanol–water partition coefficient (Wildman–Crippen LogP) is 5.40. The van der Waals surface area contributed by atoms with Crippen LogP contribution in [0.5, 0.6) is 5.75 Å². The summed E-state index contributed by atoms with van der Waals surface area (Å²) in [6.07, 6.45) is 0. The van der Waals surface area contributed by atoms with Crippen LogP contribution in [0, 0.1) is 22.9 Å². The topological polar surface area (TPSA) is 83.1 Å². The normalized spacial score (nSPS) is 11.8. The average molecular weight is 465 g/mol. The van der Waals surface area contributed by atoms with Crippen molar-refractivity contribution in [2.75, 3.05) is 6.54 Å². The number of para-hydroxylation sites is 1. The molecule has 0 bridgehead atoms. The van der Waals surface area contributed by atoms with Gasteiger partial charge < -0.3 is 4.74 Å². The highest BCUT2D eigenvalue weighted by molar-refractivity contribution is 7.99. The molecule has 0 amide bonds. The molecule has 0 radical (unpaired) electrons. The molecule has 0 aliphatic rings. The van der Waals surface area contributed by atoms with Crippen molar-refractivity contribution in [3.8, 4) is 11.4 Å². The summed E-state index contributed by atoms with van der Waals surface area (Å²) in [5.74, 6) is 1.03. The number of halogens is 1. The Bertz CT molecular complexity index is 1210. The van der Waals surface area contributed by atoms with E-state index >= 15 is 0 Å². The highest BCUT2D eigenvalue weighted by atomic mass is 32.2. The van der Waals surface area contributed by atoms with Crippen LogP contribution in [0.15, 0.2) is 84.0 Å². The van der Waals surface area contributed by atoms with Crippen molar-refractivity contribution >= 4 is 11.8 Å². The van der Waals surface area contributed by atoms with Crippen LogP contribution in [0.4, 0.5) is 4.39 Å². The van der Waals surface area contributed by atoms with Gasteiger partial charge in [0.15, 0.2) is 5.16 Å². The SMILES string of the molecule is Cc1nnc(S[C@@H](C[N+](=O)[O-])c2ccc(OCc3ccc(F)cc3)cc2)n1-c1ccccc1. The summed E-state index contributed by atoms with van der Waals surface area (Å²) < 4.78 is 20.7. The maximum atomic E-state index is 13.0. The largest absolute Gasteiger partial charge is 0.489 e. The number of thioether (sulfide) groups is 1. The minimum Gasteiger partial charge on any atom is -0.489 e. The molecule has 33 heavy (non-hydrogen) atoms. The predicted molar refractivity (Wildman–Crippen MR) is 124 cm³/mol. The molecule has 1 atom stereocenters. The molecule has 0 saturated carbocycles. The van der Waals surface area contributed by atoms with Gasteiger partial charge in [0.25, 0.3) is 0 Å². The van der Waals surface area contributed by atoms with Crippen molar-refractivity contribution in [3.63, 3.8) is 0 Å². The second-order valence-corrected chi connectivity index (χ2v) is 8.48. The number of rotatable bonds is 9. The fraction of sp³-hybridized carbons (Fsp3) is 0.167. The number of benzene rings is 3. The van der Waals surface area contributed by atoms with Gasteiger partial charge >= 0.3 is 0 Å². The van der Waals surface area contributed by atoms with E-state index in [0.29, 0.717) is 23.3 Å². The molecule has 0 aliphatic heterocycles. The Morgan fingerprint density at radius 2 is 1.73 bits per heavy atom. The van der Waals surface area contributed by atoms with Crippen LogP contribution < -0.4 is 4.74 Å².